The molecule has 26 heavy (non-hydrogen) atoms. The first-order valence-electron chi connectivity index (χ1n) is 7.65. The van der Waals surface area contributed by atoms with Gasteiger partial charge in [0.05, 0.1) is 18.6 Å². The summed E-state index contributed by atoms with van der Waals surface area (Å²) >= 11 is 6.99. The lowest BCUT2D eigenvalue weighted by atomic mass is 10.3. The first-order valence-corrected chi connectivity index (χ1v) is 9.02. The Morgan fingerprint density at radius 3 is 2.85 bits per heavy atom. The number of nitrogens with two attached hydrogens (primary N) is 1. The number of hydrogen-bond donors (Lipinski definition) is 2. The molecule has 3 aromatic rings. The number of thioether (sulfide) groups is 1. The maximum atomic E-state index is 11.9. The van der Waals surface area contributed by atoms with Crippen LogP contribution in [0.15, 0.2) is 52.2 Å². The van der Waals surface area contributed by atoms with Gasteiger partial charge in [0.1, 0.15) is 12.4 Å². The van der Waals surface area contributed by atoms with Gasteiger partial charge in [-0.3, -0.25) is 4.79 Å². The number of nitrogens with one attached hydrogen (secondary N) is 1. The summed E-state index contributed by atoms with van der Waals surface area (Å²) in [7, 11) is 0. The quantitative estimate of drug-likeness (QED) is 0.343. The Morgan fingerprint density at radius 1 is 1.31 bits per heavy atom. The average Bonchev–Trinajstić information content (AvgIpc) is 3.28. The van der Waals surface area contributed by atoms with Gasteiger partial charge in [0.2, 0.25) is 16.9 Å². The molecule has 0 aliphatic carbocycles. The number of carbonyl (C=O) groups is 1. The van der Waals surface area contributed by atoms with E-state index in [9.17, 15) is 4.79 Å². The fourth-order valence-electron chi connectivity index (χ4n) is 2.02. The van der Waals surface area contributed by atoms with Gasteiger partial charge in [-0.05, 0) is 36.4 Å². The molecule has 8 nitrogen and oxygen atoms in total. The molecular formula is C16H16ClN5O3S. The highest BCUT2D eigenvalue weighted by molar-refractivity contribution is 7.99. The van der Waals surface area contributed by atoms with Gasteiger partial charge in [-0.2, -0.15) is 0 Å². The zero-order valence-corrected chi connectivity index (χ0v) is 15.2. The van der Waals surface area contributed by atoms with E-state index in [0.717, 1.165) is 0 Å². The highest BCUT2D eigenvalue weighted by atomic mass is 35.5. The minimum absolute atomic E-state index is 0.155. The molecule has 0 saturated heterocycles. The van der Waals surface area contributed by atoms with E-state index in [1.54, 1.807) is 36.4 Å². The minimum atomic E-state index is -0.155. The predicted molar refractivity (Wildman–Crippen MR) is 98.6 cm³/mol. The monoisotopic (exact) mass is 393 g/mol. The van der Waals surface area contributed by atoms with Crippen molar-refractivity contribution in [2.45, 2.75) is 5.16 Å². The van der Waals surface area contributed by atoms with Gasteiger partial charge in [0.15, 0.2) is 5.76 Å². The lowest BCUT2D eigenvalue weighted by molar-refractivity contribution is -0.118. The number of halogens is 1. The van der Waals surface area contributed by atoms with Crippen molar-refractivity contribution < 1.29 is 13.9 Å². The second-order valence-electron chi connectivity index (χ2n) is 5.09. The van der Waals surface area contributed by atoms with Gasteiger partial charge >= 0.3 is 0 Å². The summed E-state index contributed by atoms with van der Waals surface area (Å²) in [5.41, 5.74) is 0. The van der Waals surface area contributed by atoms with E-state index >= 15 is 0 Å². The van der Waals surface area contributed by atoms with Crippen molar-refractivity contribution in [3.05, 3.63) is 47.7 Å². The summed E-state index contributed by atoms with van der Waals surface area (Å²) in [6, 6.07) is 10.5. The summed E-state index contributed by atoms with van der Waals surface area (Å²) in [6.45, 7) is 0.739. The van der Waals surface area contributed by atoms with Crippen molar-refractivity contribution in [2.24, 2.45) is 0 Å². The molecule has 0 aliphatic rings. The van der Waals surface area contributed by atoms with Crippen LogP contribution >= 0.6 is 23.4 Å². The summed E-state index contributed by atoms with van der Waals surface area (Å²) in [5.74, 6) is 7.53. The fourth-order valence-corrected chi connectivity index (χ4v) is 2.83. The topological polar surface area (TPSA) is 108 Å². The molecule has 1 amide bonds. The number of carbonyl (C=O) groups excluding carboxylic acids is 1. The third-order valence-electron chi connectivity index (χ3n) is 3.25. The summed E-state index contributed by atoms with van der Waals surface area (Å²) in [4.78, 5) is 11.9. The van der Waals surface area contributed by atoms with Gasteiger partial charge in [0.25, 0.3) is 0 Å². The molecule has 1 aromatic carbocycles. The maximum Gasteiger partial charge on any atom is 0.230 e. The Balaban J connectivity index is 1.40. The van der Waals surface area contributed by atoms with Crippen molar-refractivity contribution in [1.82, 2.24) is 20.2 Å². The SMILES string of the molecule is Nn1c(SCC(=O)NCCOc2ccc(Cl)cc2)nnc1-c1ccco1. The van der Waals surface area contributed by atoms with E-state index in [1.165, 1.54) is 22.7 Å². The second kappa shape index (κ2) is 8.63. The van der Waals surface area contributed by atoms with Gasteiger partial charge in [0, 0.05) is 5.02 Å². The molecule has 3 N–H and O–H groups in total. The van der Waals surface area contributed by atoms with Crippen molar-refractivity contribution in [3.63, 3.8) is 0 Å². The van der Waals surface area contributed by atoms with Gasteiger partial charge in [-0.1, -0.05) is 23.4 Å². The average molecular weight is 394 g/mol. The molecule has 0 unspecified atom stereocenters. The second-order valence-corrected chi connectivity index (χ2v) is 6.47. The Labute approximate surface area is 158 Å². The Hall–Kier alpha value is -2.65. The molecule has 2 aromatic heterocycles. The predicted octanol–water partition coefficient (Wildman–Crippen LogP) is 2.19. The zero-order chi connectivity index (χ0) is 18.4. The van der Waals surface area contributed by atoms with Crippen molar-refractivity contribution in [3.8, 4) is 17.3 Å². The molecule has 0 fully saturated rings. The van der Waals surface area contributed by atoms with Crippen LogP contribution in [-0.4, -0.2) is 39.7 Å². The summed E-state index contributed by atoms with van der Waals surface area (Å²) in [6.07, 6.45) is 1.52. The van der Waals surface area contributed by atoms with E-state index < -0.39 is 0 Å². The molecule has 0 radical (unpaired) electrons. The van der Waals surface area contributed by atoms with Gasteiger partial charge in [-0.25, -0.2) is 4.68 Å². The smallest absolute Gasteiger partial charge is 0.230 e. The third-order valence-corrected chi connectivity index (χ3v) is 4.44. The van der Waals surface area contributed by atoms with Gasteiger partial charge < -0.3 is 20.3 Å². The lowest BCUT2D eigenvalue weighted by Gasteiger charge is -2.07. The number of rotatable bonds is 8. The zero-order valence-electron chi connectivity index (χ0n) is 13.6. The van der Waals surface area contributed by atoms with Crippen LogP contribution in [0.4, 0.5) is 0 Å². The number of furan rings is 1. The first kappa shape index (κ1) is 18.2. The van der Waals surface area contributed by atoms with Crippen LogP contribution in [0, 0.1) is 0 Å². The third kappa shape index (κ3) is 4.70. The highest BCUT2D eigenvalue weighted by Crippen LogP contribution is 2.21. The molecule has 0 spiro atoms. The molecule has 136 valence electrons. The van der Waals surface area contributed by atoms with Crippen molar-refractivity contribution >= 4 is 29.3 Å². The van der Waals surface area contributed by atoms with Crippen LogP contribution in [0.1, 0.15) is 0 Å². The normalized spacial score (nSPS) is 10.7. The van der Waals surface area contributed by atoms with Crippen LogP contribution in [-0.2, 0) is 4.79 Å². The van der Waals surface area contributed by atoms with E-state index in [-0.39, 0.29) is 11.7 Å². The number of benzene rings is 1. The number of amides is 1. The van der Waals surface area contributed by atoms with Crippen LogP contribution in [0.5, 0.6) is 5.75 Å². The molecule has 0 bridgehead atoms. The van der Waals surface area contributed by atoms with E-state index in [0.29, 0.717) is 40.7 Å². The molecule has 0 saturated carbocycles. The molecule has 0 atom stereocenters. The fraction of sp³-hybridized carbons (Fsp3) is 0.188. The van der Waals surface area contributed by atoms with Crippen molar-refractivity contribution in [1.29, 1.82) is 0 Å². The number of hydrogen-bond acceptors (Lipinski definition) is 7. The molecule has 0 aliphatic heterocycles. The number of ether oxygens (including phenoxy) is 1. The Bertz CT molecular complexity index is 851. The maximum absolute atomic E-state index is 11.9. The van der Waals surface area contributed by atoms with E-state index in [2.05, 4.69) is 15.5 Å². The number of nitrogens with zero attached hydrogens (tertiary/aromatic N) is 3. The van der Waals surface area contributed by atoms with Crippen molar-refractivity contribution in [2.75, 3.05) is 24.7 Å². The standard InChI is InChI=1S/C16H16ClN5O3S/c17-11-3-5-12(6-4-11)24-9-7-19-14(23)10-26-16-21-20-15(22(16)18)13-2-1-8-25-13/h1-6,8H,7,9-10,18H2,(H,19,23). The first-order chi connectivity index (χ1) is 12.6. The largest absolute Gasteiger partial charge is 0.492 e. The molecule has 3 rings (SSSR count). The van der Waals surface area contributed by atoms with Crippen LogP contribution < -0.4 is 15.9 Å². The van der Waals surface area contributed by atoms with Crippen LogP contribution in [0.2, 0.25) is 5.02 Å². The van der Waals surface area contributed by atoms with Gasteiger partial charge in [-0.15, -0.1) is 10.2 Å². The van der Waals surface area contributed by atoms with Crippen LogP contribution in [0.25, 0.3) is 11.6 Å². The molecule has 2 heterocycles. The summed E-state index contributed by atoms with van der Waals surface area (Å²) < 4.78 is 12.0. The van der Waals surface area contributed by atoms with E-state index in [4.69, 9.17) is 26.6 Å². The van der Waals surface area contributed by atoms with Crippen LogP contribution in [0.3, 0.4) is 0 Å². The minimum Gasteiger partial charge on any atom is -0.492 e. The lowest BCUT2D eigenvalue weighted by Crippen LogP contribution is -2.29. The van der Waals surface area contributed by atoms with E-state index in [1.807, 2.05) is 0 Å². The molecule has 10 heteroatoms. The number of aromatic nitrogens is 3. The summed E-state index contributed by atoms with van der Waals surface area (Å²) in [5, 5.41) is 11.8. The molecular weight excluding hydrogens is 378 g/mol. The Kier molecular flexibility index (Phi) is 6.03. The highest BCUT2D eigenvalue weighted by Gasteiger charge is 2.15. The number of nitrogen functional groups attached to an aromatic ring is 1. The Morgan fingerprint density at radius 2 is 2.12 bits per heavy atom.